The maximum Gasteiger partial charge on any atom is 0.161 e. The van der Waals surface area contributed by atoms with Crippen molar-refractivity contribution in [3.63, 3.8) is 0 Å². The minimum absolute atomic E-state index is 0.393. The first-order valence-electron chi connectivity index (χ1n) is 7.07. The van der Waals surface area contributed by atoms with Crippen LogP contribution in [0.3, 0.4) is 0 Å². The van der Waals surface area contributed by atoms with Gasteiger partial charge in [0.1, 0.15) is 6.61 Å². The molecular weight excluding hydrogens is 300 g/mol. The zero-order valence-corrected chi connectivity index (χ0v) is 13.4. The third-order valence-electron chi connectivity index (χ3n) is 2.95. The van der Waals surface area contributed by atoms with E-state index in [2.05, 4.69) is 10.5 Å². The van der Waals surface area contributed by atoms with Crippen LogP contribution >= 0.6 is 11.6 Å². The zero-order valence-electron chi connectivity index (χ0n) is 12.7. The first kappa shape index (κ1) is 16.2. The highest BCUT2D eigenvalue weighted by Crippen LogP contribution is 2.29. The van der Waals surface area contributed by atoms with Gasteiger partial charge in [-0.15, -0.1) is 0 Å². The molecule has 0 bridgehead atoms. The molecule has 0 aliphatic rings. The summed E-state index contributed by atoms with van der Waals surface area (Å²) < 4.78 is 11.5. The Morgan fingerprint density at radius 3 is 2.68 bits per heavy atom. The minimum atomic E-state index is 0.393. The maximum absolute atomic E-state index is 6.14. The summed E-state index contributed by atoms with van der Waals surface area (Å²) >= 11 is 6.14. The second kappa shape index (κ2) is 8.29. The smallest absolute Gasteiger partial charge is 0.161 e. The van der Waals surface area contributed by atoms with Gasteiger partial charge in [-0.2, -0.15) is 5.10 Å². The molecule has 4 nitrogen and oxygen atoms in total. The van der Waals surface area contributed by atoms with Gasteiger partial charge in [-0.05, 0) is 36.8 Å². The Morgan fingerprint density at radius 1 is 1.14 bits per heavy atom. The quantitative estimate of drug-likeness (QED) is 0.622. The molecule has 2 aromatic rings. The highest BCUT2D eigenvalue weighted by atomic mass is 35.5. The molecule has 1 N–H and O–H groups in total. The molecule has 0 heterocycles. The van der Waals surface area contributed by atoms with Gasteiger partial charge in [0.15, 0.2) is 11.5 Å². The molecule has 0 unspecified atom stereocenters. The normalized spacial score (nSPS) is 10.7. The van der Waals surface area contributed by atoms with Crippen molar-refractivity contribution in [2.75, 3.05) is 13.7 Å². The summed E-state index contributed by atoms with van der Waals surface area (Å²) in [4.78, 5) is 0. The van der Waals surface area contributed by atoms with Gasteiger partial charge in [0, 0.05) is 17.6 Å². The number of ether oxygens (including phenoxy) is 2. The Kier molecular flexibility index (Phi) is 6.10. The molecular formula is C17H19ClN2O2. The van der Waals surface area contributed by atoms with Crippen LogP contribution in [0.15, 0.2) is 47.6 Å². The fraction of sp³-hybridized carbons (Fsp3) is 0.235. The van der Waals surface area contributed by atoms with E-state index in [1.807, 2.05) is 49.4 Å². The Labute approximate surface area is 135 Å². The van der Waals surface area contributed by atoms with E-state index >= 15 is 0 Å². The predicted octanol–water partition coefficient (Wildman–Crippen LogP) is 3.87. The van der Waals surface area contributed by atoms with E-state index in [1.54, 1.807) is 13.3 Å². The van der Waals surface area contributed by atoms with Gasteiger partial charge >= 0.3 is 0 Å². The van der Waals surface area contributed by atoms with Crippen LogP contribution in [0.4, 0.5) is 0 Å². The molecule has 0 spiro atoms. The van der Waals surface area contributed by atoms with Gasteiger partial charge in [-0.25, -0.2) is 0 Å². The number of hydrazone groups is 1. The van der Waals surface area contributed by atoms with Gasteiger partial charge in [0.25, 0.3) is 0 Å². The van der Waals surface area contributed by atoms with Crippen LogP contribution in [-0.4, -0.2) is 19.9 Å². The van der Waals surface area contributed by atoms with E-state index in [0.717, 1.165) is 11.1 Å². The van der Waals surface area contributed by atoms with Crippen LogP contribution < -0.4 is 14.9 Å². The Hall–Kier alpha value is -2.20. The van der Waals surface area contributed by atoms with Gasteiger partial charge in [-0.1, -0.05) is 29.8 Å². The van der Waals surface area contributed by atoms with Crippen molar-refractivity contribution in [1.82, 2.24) is 5.43 Å². The molecule has 0 radical (unpaired) electrons. The SMILES string of the molecule is CCOc1cc(/C=N/NC)ccc1OCc1ccccc1Cl. The Balaban J connectivity index is 2.15. The number of nitrogens with one attached hydrogen (secondary N) is 1. The van der Waals surface area contributed by atoms with Crippen molar-refractivity contribution < 1.29 is 9.47 Å². The second-order valence-electron chi connectivity index (χ2n) is 4.50. The number of benzene rings is 2. The fourth-order valence-electron chi connectivity index (χ4n) is 1.90. The van der Waals surface area contributed by atoms with Crippen molar-refractivity contribution in [2.45, 2.75) is 13.5 Å². The molecule has 0 atom stereocenters. The van der Waals surface area contributed by atoms with Crippen LogP contribution in [0.1, 0.15) is 18.1 Å². The minimum Gasteiger partial charge on any atom is -0.490 e. The standard InChI is InChI=1S/C17H19ClN2O2/c1-3-21-17-10-13(11-20-19-2)8-9-16(17)22-12-14-6-4-5-7-15(14)18/h4-11,19H,3,12H2,1-2H3/b20-11+. The maximum atomic E-state index is 6.14. The van der Waals surface area contributed by atoms with Gasteiger partial charge in [0.2, 0.25) is 0 Å². The van der Waals surface area contributed by atoms with Gasteiger partial charge < -0.3 is 14.9 Å². The lowest BCUT2D eigenvalue weighted by Gasteiger charge is -2.13. The summed E-state index contributed by atoms with van der Waals surface area (Å²) in [5, 5.41) is 4.68. The van der Waals surface area contributed by atoms with Crippen molar-refractivity contribution >= 4 is 17.8 Å². The number of halogens is 1. The summed E-state index contributed by atoms with van der Waals surface area (Å²) in [6, 6.07) is 13.3. The molecule has 0 saturated carbocycles. The third-order valence-corrected chi connectivity index (χ3v) is 3.32. The lowest BCUT2D eigenvalue weighted by molar-refractivity contribution is 0.269. The van der Waals surface area contributed by atoms with E-state index in [1.165, 1.54) is 0 Å². The number of hydrogen-bond acceptors (Lipinski definition) is 4. The van der Waals surface area contributed by atoms with E-state index in [-0.39, 0.29) is 0 Å². The number of nitrogens with zero attached hydrogens (tertiary/aromatic N) is 1. The predicted molar refractivity (Wildman–Crippen MR) is 90.0 cm³/mol. The molecule has 22 heavy (non-hydrogen) atoms. The molecule has 116 valence electrons. The lowest BCUT2D eigenvalue weighted by Crippen LogP contribution is -2.01. The molecule has 0 aromatic heterocycles. The Morgan fingerprint density at radius 2 is 1.95 bits per heavy atom. The molecule has 0 aliphatic heterocycles. The lowest BCUT2D eigenvalue weighted by atomic mass is 10.2. The monoisotopic (exact) mass is 318 g/mol. The van der Waals surface area contributed by atoms with Crippen LogP contribution in [0.5, 0.6) is 11.5 Å². The molecule has 2 rings (SSSR count). The van der Waals surface area contributed by atoms with Gasteiger partial charge in [0.05, 0.1) is 12.8 Å². The van der Waals surface area contributed by atoms with Crippen LogP contribution in [0, 0.1) is 0 Å². The number of rotatable bonds is 7. The average Bonchev–Trinajstić information content (AvgIpc) is 2.53. The van der Waals surface area contributed by atoms with Crippen molar-refractivity contribution in [3.8, 4) is 11.5 Å². The number of hydrogen-bond donors (Lipinski definition) is 1. The van der Waals surface area contributed by atoms with E-state index < -0.39 is 0 Å². The average molecular weight is 319 g/mol. The Bertz CT molecular complexity index is 644. The zero-order chi connectivity index (χ0) is 15.8. The topological polar surface area (TPSA) is 42.8 Å². The molecule has 0 amide bonds. The molecule has 0 saturated heterocycles. The summed E-state index contributed by atoms with van der Waals surface area (Å²) in [5.41, 5.74) is 4.59. The summed E-state index contributed by atoms with van der Waals surface area (Å²) in [6.45, 7) is 2.89. The fourth-order valence-corrected chi connectivity index (χ4v) is 2.09. The molecule has 2 aromatic carbocycles. The molecule has 0 aliphatic carbocycles. The molecule has 5 heteroatoms. The first-order chi connectivity index (χ1) is 10.7. The first-order valence-corrected chi connectivity index (χ1v) is 7.45. The van der Waals surface area contributed by atoms with Crippen molar-refractivity contribution in [1.29, 1.82) is 0 Å². The summed E-state index contributed by atoms with van der Waals surface area (Å²) in [6.07, 6.45) is 1.72. The molecule has 0 fully saturated rings. The summed E-state index contributed by atoms with van der Waals surface area (Å²) in [5.74, 6) is 1.37. The highest BCUT2D eigenvalue weighted by Gasteiger charge is 2.07. The van der Waals surface area contributed by atoms with Crippen molar-refractivity contribution in [2.24, 2.45) is 5.10 Å². The van der Waals surface area contributed by atoms with Crippen LogP contribution in [0.25, 0.3) is 0 Å². The van der Waals surface area contributed by atoms with Crippen LogP contribution in [0.2, 0.25) is 5.02 Å². The third kappa shape index (κ3) is 4.40. The van der Waals surface area contributed by atoms with Gasteiger partial charge in [-0.3, -0.25) is 0 Å². The van der Waals surface area contributed by atoms with E-state index in [9.17, 15) is 0 Å². The van der Waals surface area contributed by atoms with E-state index in [0.29, 0.717) is 29.7 Å². The van der Waals surface area contributed by atoms with Crippen LogP contribution in [-0.2, 0) is 6.61 Å². The second-order valence-corrected chi connectivity index (χ2v) is 4.91. The largest absolute Gasteiger partial charge is 0.490 e. The highest BCUT2D eigenvalue weighted by molar-refractivity contribution is 6.31. The summed E-state index contributed by atoms with van der Waals surface area (Å²) in [7, 11) is 1.75. The van der Waals surface area contributed by atoms with E-state index in [4.69, 9.17) is 21.1 Å². The van der Waals surface area contributed by atoms with Crippen molar-refractivity contribution in [3.05, 3.63) is 58.6 Å².